The third-order valence-corrected chi connectivity index (χ3v) is 6.74. The molecule has 0 aromatic carbocycles. The molecule has 130 valence electrons. The Bertz CT molecular complexity index is 387. The Morgan fingerprint density at radius 1 is 1.00 bits per heavy atom. The fourth-order valence-electron chi connectivity index (χ4n) is 5.00. The summed E-state index contributed by atoms with van der Waals surface area (Å²) in [5, 5.41) is 9.62. The summed E-state index contributed by atoms with van der Waals surface area (Å²) in [6, 6.07) is 2.66. The Hall–Kier alpha value is -0.770. The minimum atomic E-state index is -0.0413. The SMILES string of the molecule is C/C=C/CC1(C#N)CCC(C2CCC(CCCCC)CC2)CC1. The van der Waals surface area contributed by atoms with Crippen LogP contribution in [0.15, 0.2) is 12.2 Å². The molecule has 0 amide bonds. The van der Waals surface area contributed by atoms with Crippen molar-refractivity contribution in [3.05, 3.63) is 12.2 Å². The van der Waals surface area contributed by atoms with Gasteiger partial charge in [0.2, 0.25) is 0 Å². The zero-order valence-electron chi connectivity index (χ0n) is 15.5. The van der Waals surface area contributed by atoms with Gasteiger partial charge in [-0.2, -0.15) is 5.26 Å². The van der Waals surface area contributed by atoms with Gasteiger partial charge in [0.05, 0.1) is 11.5 Å². The van der Waals surface area contributed by atoms with Crippen molar-refractivity contribution in [2.45, 2.75) is 97.3 Å². The summed E-state index contributed by atoms with van der Waals surface area (Å²) in [7, 11) is 0. The lowest BCUT2D eigenvalue weighted by Crippen LogP contribution is -2.30. The second-order valence-electron chi connectivity index (χ2n) is 8.28. The van der Waals surface area contributed by atoms with E-state index >= 15 is 0 Å². The molecule has 0 aliphatic heterocycles. The van der Waals surface area contributed by atoms with Crippen LogP contribution in [0.25, 0.3) is 0 Å². The van der Waals surface area contributed by atoms with Crippen LogP contribution in [0.5, 0.6) is 0 Å². The van der Waals surface area contributed by atoms with E-state index in [9.17, 15) is 5.26 Å². The molecule has 1 heteroatoms. The minimum Gasteiger partial charge on any atom is -0.198 e. The van der Waals surface area contributed by atoms with Crippen molar-refractivity contribution in [3.8, 4) is 6.07 Å². The molecular weight excluding hydrogens is 278 g/mol. The van der Waals surface area contributed by atoms with E-state index in [1.54, 1.807) is 0 Å². The summed E-state index contributed by atoms with van der Waals surface area (Å²) in [6.45, 7) is 4.37. The van der Waals surface area contributed by atoms with E-state index in [-0.39, 0.29) is 5.41 Å². The molecule has 0 spiro atoms. The third kappa shape index (κ3) is 5.37. The minimum absolute atomic E-state index is 0.0413. The van der Waals surface area contributed by atoms with Crippen molar-refractivity contribution in [1.29, 1.82) is 5.26 Å². The molecule has 2 saturated carbocycles. The first-order valence-corrected chi connectivity index (χ1v) is 10.3. The van der Waals surface area contributed by atoms with Crippen LogP contribution in [0.2, 0.25) is 0 Å². The second-order valence-corrected chi connectivity index (χ2v) is 8.28. The van der Waals surface area contributed by atoms with Crippen molar-refractivity contribution in [2.24, 2.45) is 23.2 Å². The first kappa shape index (κ1) is 18.6. The number of unbranched alkanes of at least 4 members (excludes halogenated alkanes) is 2. The van der Waals surface area contributed by atoms with Gasteiger partial charge >= 0.3 is 0 Å². The summed E-state index contributed by atoms with van der Waals surface area (Å²) >= 11 is 0. The summed E-state index contributed by atoms with van der Waals surface area (Å²) in [5.41, 5.74) is -0.0413. The van der Waals surface area contributed by atoms with Gasteiger partial charge in [0.25, 0.3) is 0 Å². The quantitative estimate of drug-likeness (QED) is 0.365. The maximum absolute atomic E-state index is 9.62. The molecule has 2 rings (SSSR count). The van der Waals surface area contributed by atoms with Crippen LogP contribution in [0.1, 0.15) is 97.3 Å². The molecule has 2 aliphatic carbocycles. The molecule has 0 N–H and O–H groups in total. The number of hydrogen-bond acceptors (Lipinski definition) is 1. The summed E-state index contributed by atoms with van der Waals surface area (Å²) in [5.74, 6) is 2.91. The largest absolute Gasteiger partial charge is 0.198 e. The van der Waals surface area contributed by atoms with Crippen LogP contribution in [0.3, 0.4) is 0 Å². The average molecular weight is 316 g/mol. The first-order chi connectivity index (χ1) is 11.2. The lowest BCUT2D eigenvalue weighted by atomic mass is 9.64. The van der Waals surface area contributed by atoms with Crippen molar-refractivity contribution >= 4 is 0 Å². The van der Waals surface area contributed by atoms with Crippen molar-refractivity contribution < 1.29 is 0 Å². The molecular formula is C22H37N. The van der Waals surface area contributed by atoms with Gasteiger partial charge in [-0.1, -0.05) is 57.6 Å². The van der Waals surface area contributed by atoms with Gasteiger partial charge in [0.1, 0.15) is 0 Å². The van der Waals surface area contributed by atoms with E-state index in [4.69, 9.17) is 0 Å². The van der Waals surface area contributed by atoms with Gasteiger partial charge in [-0.25, -0.2) is 0 Å². The van der Waals surface area contributed by atoms with Gasteiger partial charge in [0, 0.05) is 0 Å². The van der Waals surface area contributed by atoms with Crippen molar-refractivity contribution in [3.63, 3.8) is 0 Å². The molecule has 2 fully saturated rings. The smallest absolute Gasteiger partial charge is 0.0693 e. The highest BCUT2D eigenvalue weighted by Crippen LogP contribution is 2.47. The summed E-state index contributed by atoms with van der Waals surface area (Å²) in [4.78, 5) is 0. The van der Waals surface area contributed by atoms with E-state index in [0.29, 0.717) is 0 Å². The number of allylic oxidation sites excluding steroid dienone is 2. The van der Waals surface area contributed by atoms with E-state index < -0.39 is 0 Å². The van der Waals surface area contributed by atoms with Crippen LogP contribution < -0.4 is 0 Å². The lowest BCUT2D eigenvalue weighted by Gasteiger charge is -2.40. The molecule has 0 atom stereocenters. The Morgan fingerprint density at radius 3 is 2.22 bits per heavy atom. The molecule has 1 nitrogen and oxygen atoms in total. The fraction of sp³-hybridized carbons (Fsp3) is 0.864. The lowest BCUT2D eigenvalue weighted by molar-refractivity contribution is 0.121. The van der Waals surface area contributed by atoms with E-state index in [2.05, 4.69) is 32.1 Å². The van der Waals surface area contributed by atoms with E-state index in [1.807, 2.05) is 0 Å². The van der Waals surface area contributed by atoms with Gasteiger partial charge in [0.15, 0.2) is 0 Å². The predicted octanol–water partition coefficient (Wildman–Crippen LogP) is 7.04. The Morgan fingerprint density at radius 2 is 1.65 bits per heavy atom. The van der Waals surface area contributed by atoms with Crippen LogP contribution in [0, 0.1) is 34.5 Å². The molecule has 0 heterocycles. The molecule has 2 aliphatic rings. The normalized spacial score (nSPS) is 35.3. The molecule has 0 unspecified atom stereocenters. The van der Waals surface area contributed by atoms with Gasteiger partial charge < -0.3 is 0 Å². The van der Waals surface area contributed by atoms with Crippen LogP contribution >= 0.6 is 0 Å². The molecule has 0 bridgehead atoms. The maximum atomic E-state index is 9.62. The highest BCUT2D eigenvalue weighted by Gasteiger charge is 2.37. The fourth-order valence-corrected chi connectivity index (χ4v) is 5.00. The predicted molar refractivity (Wildman–Crippen MR) is 99.0 cm³/mol. The standard InChI is InChI=1S/C22H37N/c1-3-5-7-8-19-9-11-20(12-10-19)21-13-16-22(18-23,17-14-21)15-6-4-2/h4,6,19-21H,3,5,7-17H2,1-2H3/b6-4+. The zero-order chi connectivity index (χ0) is 16.5. The molecule has 0 radical (unpaired) electrons. The summed E-state index contributed by atoms with van der Waals surface area (Å²) in [6.07, 6.45) is 21.7. The monoisotopic (exact) mass is 315 g/mol. The zero-order valence-corrected chi connectivity index (χ0v) is 15.5. The highest BCUT2D eigenvalue weighted by atomic mass is 14.4. The topological polar surface area (TPSA) is 23.8 Å². The molecule has 0 saturated heterocycles. The summed E-state index contributed by atoms with van der Waals surface area (Å²) < 4.78 is 0. The van der Waals surface area contributed by atoms with Crippen molar-refractivity contribution in [1.82, 2.24) is 0 Å². The number of nitrogens with zero attached hydrogens (tertiary/aromatic N) is 1. The van der Waals surface area contributed by atoms with E-state index in [0.717, 1.165) is 37.0 Å². The average Bonchev–Trinajstić information content (AvgIpc) is 2.61. The van der Waals surface area contributed by atoms with Gasteiger partial charge in [-0.3, -0.25) is 0 Å². The second kappa shape index (κ2) is 9.51. The number of hydrogen-bond donors (Lipinski definition) is 0. The van der Waals surface area contributed by atoms with Crippen LogP contribution in [-0.4, -0.2) is 0 Å². The van der Waals surface area contributed by atoms with Crippen molar-refractivity contribution in [2.75, 3.05) is 0 Å². The third-order valence-electron chi connectivity index (χ3n) is 6.74. The van der Waals surface area contributed by atoms with E-state index in [1.165, 1.54) is 64.2 Å². The van der Waals surface area contributed by atoms with Gasteiger partial charge in [-0.05, 0) is 69.6 Å². The molecule has 23 heavy (non-hydrogen) atoms. The number of nitriles is 1. The molecule has 0 aromatic heterocycles. The highest BCUT2D eigenvalue weighted by molar-refractivity contribution is 5.06. The van der Waals surface area contributed by atoms with Crippen LogP contribution in [0.4, 0.5) is 0 Å². The van der Waals surface area contributed by atoms with Gasteiger partial charge in [-0.15, -0.1) is 0 Å². The first-order valence-electron chi connectivity index (χ1n) is 10.3. The number of rotatable bonds is 7. The van der Waals surface area contributed by atoms with Crippen LogP contribution in [-0.2, 0) is 0 Å². The maximum Gasteiger partial charge on any atom is 0.0693 e. The Balaban J connectivity index is 1.73. The molecule has 0 aromatic rings. The Labute approximate surface area is 144 Å². The Kier molecular flexibility index (Phi) is 7.68.